The van der Waals surface area contributed by atoms with Crippen molar-refractivity contribution in [3.8, 4) is 0 Å². The molecule has 24 heavy (non-hydrogen) atoms. The second kappa shape index (κ2) is 6.78. The highest BCUT2D eigenvalue weighted by atomic mass is 16.1. The summed E-state index contributed by atoms with van der Waals surface area (Å²) in [4.78, 5) is 12.2. The van der Waals surface area contributed by atoms with E-state index in [4.69, 9.17) is 0 Å². The van der Waals surface area contributed by atoms with Crippen molar-refractivity contribution in [1.82, 2.24) is 10.6 Å². The summed E-state index contributed by atoms with van der Waals surface area (Å²) in [7, 11) is 0. The first kappa shape index (κ1) is 15.4. The van der Waals surface area contributed by atoms with Crippen LogP contribution in [0.1, 0.15) is 46.7 Å². The van der Waals surface area contributed by atoms with Gasteiger partial charge in [0.15, 0.2) is 0 Å². The third-order valence-corrected chi connectivity index (χ3v) is 5.05. The average molecular weight is 320 g/mol. The molecule has 0 unspecified atom stereocenters. The van der Waals surface area contributed by atoms with Crippen molar-refractivity contribution in [3.05, 3.63) is 71.3 Å². The minimum absolute atomic E-state index is 0.00962. The third-order valence-electron chi connectivity index (χ3n) is 5.05. The molecule has 0 spiro atoms. The van der Waals surface area contributed by atoms with Crippen molar-refractivity contribution < 1.29 is 4.79 Å². The van der Waals surface area contributed by atoms with Gasteiger partial charge < -0.3 is 10.6 Å². The van der Waals surface area contributed by atoms with Gasteiger partial charge in [0.25, 0.3) is 5.91 Å². The zero-order valence-corrected chi connectivity index (χ0v) is 13.9. The smallest absolute Gasteiger partial charge is 0.251 e. The number of hydrogen-bond acceptors (Lipinski definition) is 2. The molecule has 0 heterocycles. The summed E-state index contributed by atoms with van der Waals surface area (Å²) >= 11 is 0. The maximum atomic E-state index is 12.2. The van der Waals surface area contributed by atoms with Crippen molar-refractivity contribution in [1.29, 1.82) is 0 Å². The Bertz CT molecular complexity index is 692. The maximum Gasteiger partial charge on any atom is 0.251 e. The van der Waals surface area contributed by atoms with Gasteiger partial charge in [-0.15, -0.1) is 0 Å². The molecule has 2 saturated carbocycles. The summed E-state index contributed by atoms with van der Waals surface area (Å²) in [5, 5.41) is 6.64. The predicted molar refractivity (Wildman–Crippen MR) is 95.9 cm³/mol. The molecule has 0 aliphatic heterocycles. The Hall–Kier alpha value is -2.13. The van der Waals surface area contributed by atoms with E-state index in [1.165, 1.54) is 31.4 Å². The summed E-state index contributed by atoms with van der Waals surface area (Å²) in [6, 6.07) is 18.8. The van der Waals surface area contributed by atoms with Crippen LogP contribution in [-0.4, -0.2) is 18.5 Å². The Morgan fingerprint density at radius 3 is 2.46 bits per heavy atom. The molecule has 2 atom stereocenters. The number of carbonyl (C=O) groups is 1. The van der Waals surface area contributed by atoms with E-state index in [-0.39, 0.29) is 5.91 Å². The lowest BCUT2D eigenvalue weighted by molar-refractivity contribution is 0.0951. The van der Waals surface area contributed by atoms with Crippen molar-refractivity contribution >= 4 is 5.91 Å². The Balaban J connectivity index is 1.28. The lowest BCUT2D eigenvalue weighted by atomic mass is 10.1. The lowest BCUT2D eigenvalue weighted by Gasteiger charge is -2.07. The van der Waals surface area contributed by atoms with Crippen LogP contribution in [0, 0.1) is 5.92 Å². The van der Waals surface area contributed by atoms with Crippen LogP contribution in [0.5, 0.6) is 0 Å². The van der Waals surface area contributed by atoms with E-state index in [0.29, 0.717) is 18.5 Å². The van der Waals surface area contributed by atoms with Gasteiger partial charge in [-0.25, -0.2) is 0 Å². The molecule has 3 heteroatoms. The highest BCUT2D eigenvalue weighted by Crippen LogP contribution is 2.41. The van der Waals surface area contributed by atoms with E-state index in [1.54, 1.807) is 0 Å². The number of hydrogen-bond donors (Lipinski definition) is 2. The first-order chi connectivity index (χ1) is 11.8. The van der Waals surface area contributed by atoms with E-state index in [9.17, 15) is 4.79 Å². The molecule has 3 nitrogen and oxygen atoms in total. The lowest BCUT2D eigenvalue weighted by Crippen LogP contribution is -2.22. The van der Waals surface area contributed by atoms with Gasteiger partial charge in [0.1, 0.15) is 0 Å². The minimum atomic E-state index is -0.00962. The molecule has 0 aromatic heterocycles. The molecule has 0 bridgehead atoms. The molecule has 0 radical (unpaired) electrons. The van der Waals surface area contributed by atoms with Gasteiger partial charge in [0.2, 0.25) is 0 Å². The van der Waals surface area contributed by atoms with Crippen LogP contribution in [0.15, 0.2) is 54.6 Å². The molecule has 1 amide bonds. The monoisotopic (exact) mass is 320 g/mol. The number of rotatable bonds is 7. The summed E-state index contributed by atoms with van der Waals surface area (Å²) in [5.41, 5.74) is 3.20. The quantitative estimate of drug-likeness (QED) is 0.820. The summed E-state index contributed by atoms with van der Waals surface area (Å²) in [6.45, 7) is 1.75. The van der Waals surface area contributed by atoms with E-state index >= 15 is 0 Å². The summed E-state index contributed by atoms with van der Waals surface area (Å²) < 4.78 is 0. The van der Waals surface area contributed by atoms with Crippen LogP contribution in [0.2, 0.25) is 0 Å². The molecule has 2 fully saturated rings. The summed E-state index contributed by atoms with van der Waals surface area (Å²) in [5.74, 6) is 1.55. The number of amides is 1. The van der Waals surface area contributed by atoms with Gasteiger partial charge >= 0.3 is 0 Å². The third kappa shape index (κ3) is 3.85. The second-order valence-corrected chi connectivity index (χ2v) is 7.09. The van der Waals surface area contributed by atoms with Gasteiger partial charge in [-0.3, -0.25) is 4.79 Å². The standard InChI is InChI=1S/C21H24N2O/c24-21(23-14-15-4-2-1-3-5-15)18-10-8-17(9-11-18)19-12-20(19)22-13-16-6-7-16/h1-5,8-11,16,19-20,22H,6-7,12-14H2,(H,23,24)/t19-,20+/m0/s1. The zero-order valence-electron chi connectivity index (χ0n) is 13.9. The predicted octanol–water partition coefficient (Wildman–Crippen LogP) is 3.47. The van der Waals surface area contributed by atoms with Crippen molar-refractivity contribution in [3.63, 3.8) is 0 Å². The normalized spacial score (nSPS) is 22.2. The SMILES string of the molecule is O=C(NCc1ccccc1)c1ccc([C@@H]2C[C@H]2NCC2CC2)cc1. The second-order valence-electron chi connectivity index (χ2n) is 7.09. The van der Waals surface area contributed by atoms with Gasteiger partial charge in [-0.1, -0.05) is 42.5 Å². The number of benzene rings is 2. The fraction of sp³-hybridized carbons (Fsp3) is 0.381. The Kier molecular flexibility index (Phi) is 4.35. The molecule has 2 N–H and O–H groups in total. The maximum absolute atomic E-state index is 12.2. The highest BCUT2D eigenvalue weighted by Gasteiger charge is 2.38. The van der Waals surface area contributed by atoms with Gasteiger partial charge in [-0.05, 0) is 55.0 Å². The molecule has 0 saturated heterocycles. The van der Waals surface area contributed by atoms with Crippen LogP contribution in [-0.2, 0) is 6.54 Å². The first-order valence-corrected chi connectivity index (χ1v) is 8.95. The van der Waals surface area contributed by atoms with Crippen molar-refractivity contribution in [2.75, 3.05) is 6.54 Å². The molecule has 2 aliphatic rings. The molecule has 2 aromatic carbocycles. The molecular formula is C21H24N2O. The topological polar surface area (TPSA) is 41.1 Å². The number of carbonyl (C=O) groups excluding carboxylic acids is 1. The number of nitrogens with one attached hydrogen (secondary N) is 2. The first-order valence-electron chi connectivity index (χ1n) is 8.95. The molecular weight excluding hydrogens is 296 g/mol. The van der Waals surface area contributed by atoms with E-state index < -0.39 is 0 Å². The fourth-order valence-corrected chi connectivity index (χ4v) is 3.19. The Morgan fingerprint density at radius 1 is 1.00 bits per heavy atom. The van der Waals surface area contributed by atoms with Gasteiger partial charge in [-0.2, -0.15) is 0 Å². The molecule has 2 aliphatic carbocycles. The van der Waals surface area contributed by atoms with E-state index in [1.807, 2.05) is 42.5 Å². The van der Waals surface area contributed by atoms with Gasteiger partial charge in [0.05, 0.1) is 0 Å². The molecule has 2 aromatic rings. The molecule has 124 valence electrons. The summed E-state index contributed by atoms with van der Waals surface area (Å²) in [6.07, 6.45) is 4.03. The van der Waals surface area contributed by atoms with Crippen LogP contribution in [0.25, 0.3) is 0 Å². The van der Waals surface area contributed by atoms with Gasteiger partial charge in [0, 0.05) is 24.1 Å². The average Bonchev–Trinajstić information content (AvgIpc) is 3.54. The van der Waals surface area contributed by atoms with Crippen molar-refractivity contribution in [2.24, 2.45) is 5.92 Å². The van der Waals surface area contributed by atoms with Crippen LogP contribution in [0.3, 0.4) is 0 Å². The van der Waals surface area contributed by atoms with E-state index in [2.05, 4.69) is 22.8 Å². The Morgan fingerprint density at radius 2 is 1.75 bits per heavy atom. The van der Waals surface area contributed by atoms with Crippen LogP contribution < -0.4 is 10.6 Å². The fourth-order valence-electron chi connectivity index (χ4n) is 3.19. The zero-order chi connectivity index (χ0) is 16.4. The largest absolute Gasteiger partial charge is 0.348 e. The highest BCUT2D eigenvalue weighted by molar-refractivity contribution is 5.94. The Labute approximate surface area is 143 Å². The van der Waals surface area contributed by atoms with Crippen LogP contribution >= 0.6 is 0 Å². The molecule has 4 rings (SSSR count). The van der Waals surface area contributed by atoms with E-state index in [0.717, 1.165) is 17.0 Å². The van der Waals surface area contributed by atoms with Crippen LogP contribution in [0.4, 0.5) is 0 Å². The minimum Gasteiger partial charge on any atom is -0.348 e. The van der Waals surface area contributed by atoms with Crippen molar-refractivity contribution in [2.45, 2.75) is 37.8 Å².